The molecule has 0 bridgehead atoms. The molecule has 0 aliphatic rings. The summed E-state index contributed by atoms with van der Waals surface area (Å²) in [6.45, 7) is 1.15. The molecule has 0 N–H and O–H groups in total. The molecular weight excluding hydrogens is 370 g/mol. The van der Waals surface area contributed by atoms with Gasteiger partial charge in [-0.05, 0) is 18.2 Å². The summed E-state index contributed by atoms with van der Waals surface area (Å²) in [6, 6.07) is 7.44. The van der Waals surface area contributed by atoms with Crippen molar-refractivity contribution in [2.24, 2.45) is 4.99 Å². The van der Waals surface area contributed by atoms with Crippen molar-refractivity contribution in [2.45, 2.75) is 6.54 Å². The minimum atomic E-state index is -0.450. The number of nitrogens with zero attached hydrogens (tertiary/aromatic N) is 3. The first-order valence-electron chi connectivity index (χ1n) is 6.46. The van der Waals surface area contributed by atoms with Gasteiger partial charge in [0.2, 0.25) is 5.76 Å². The average molecular weight is 382 g/mol. The van der Waals surface area contributed by atoms with Gasteiger partial charge in [-0.1, -0.05) is 32.4 Å². The van der Waals surface area contributed by atoms with Crippen molar-refractivity contribution < 1.29 is 14.1 Å². The highest BCUT2D eigenvalue weighted by molar-refractivity contribution is 9.10. The summed E-state index contributed by atoms with van der Waals surface area (Å²) in [5.41, 5.74) is 1.01. The lowest BCUT2D eigenvalue weighted by Gasteiger charge is -2.03. The fourth-order valence-electron chi connectivity index (χ4n) is 2.00. The topological polar surface area (TPSA) is 69.6 Å². The van der Waals surface area contributed by atoms with E-state index in [1.165, 1.54) is 23.6 Å². The highest BCUT2D eigenvalue weighted by Gasteiger charge is 2.11. The molecule has 0 saturated carbocycles. The summed E-state index contributed by atoms with van der Waals surface area (Å²) in [4.78, 5) is 16.9. The van der Waals surface area contributed by atoms with Crippen molar-refractivity contribution in [3.63, 3.8) is 0 Å². The van der Waals surface area contributed by atoms with E-state index < -0.39 is 5.91 Å². The molecule has 2 aromatic heterocycles. The van der Waals surface area contributed by atoms with Crippen molar-refractivity contribution in [1.82, 2.24) is 9.72 Å². The van der Waals surface area contributed by atoms with Crippen LogP contribution >= 0.6 is 27.3 Å². The Morgan fingerprint density at radius 3 is 3.09 bits per heavy atom. The second-order valence-corrected chi connectivity index (χ2v) is 6.36. The molecular formula is C14H12BrN3O3S. The number of hydrogen-bond donors (Lipinski definition) is 0. The fourth-order valence-corrected chi connectivity index (χ4v) is 3.61. The van der Waals surface area contributed by atoms with E-state index in [2.05, 4.69) is 26.1 Å². The number of benzene rings is 1. The molecule has 0 saturated heterocycles. The van der Waals surface area contributed by atoms with Gasteiger partial charge in [-0.3, -0.25) is 4.79 Å². The molecule has 0 unspecified atom stereocenters. The Hall–Kier alpha value is -1.77. The first-order chi connectivity index (χ1) is 10.7. The summed E-state index contributed by atoms with van der Waals surface area (Å²) in [5, 5.41) is 3.53. The second kappa shape index (κ2) is 6.55. The van der Waals surface area contributed by atoms with Crippen LogP contribution in [-0.4, -0.2) is 29.3 Å². The van der Waals surface area contributed by atoms with Crippen molar-refractivity contribution in [2.75, 3.05) is 13.7 Å². The lowest BCUT2D eigenvalue weighted by molar-refractivity contribution is 0.0962. The highest BCUT2D eigenvalue weighted by Crippen LogP contribution is 2.22. The van der Waals surface area contributed by atoms with Crippen LogP contribution in [0.25, 0.3) is 10.2 Å². The van der Waals surface area contributed by atoms with Crippen LogP contribution in [0.5, 0.6) is 0 Å². The summed E-state index contributed by atoms with van der Waals surface area (Å²) >= 11 is 4.90. The van der Waals surface area contributed by atoms with Crippen LogP contribution in [0.4, 0.5) is 0 Å². The molecule has 3 rings (SSSR count). The fraction of sp³-hybridized carbons (Fsp3) is 0.214. The smallest absolute Gasteiger partial charge is 0.318 e. The van der Waals surface area contributed by atoms with E-state index in [0.29, 0.717) is 18.0 Å². The van der Waals surface area contributed by atoms with Crippen LogP contribution in [0.1, 0.15) is 10.6 Å². The molecule has 2 heterocycles. The van der Waals surface area contributed by atoms with Crippen molar-refractivity contribution >= 4 is 43.4 Å². The minimum absolute atomic E-state index is 0.122. The van der Waals surface area contributed by atoms with Crippen molar-refractivity contribution in [3.05, 3.63) is 45.5 Å². The second-order valence-electron chi connectivity index (χ2n) is 4.43. The molecule has 0 fully saturated rings. The zero-order valence-corrected chi connectivity index (χ0v) is 14.1. The molecule has 0 atom stereocenters. The maximum Gasteiger partial charge on any atom is 0.318 e. The van der Waals surface area contributed by atoms with Crippen LogP contribution in [0, 0.1) is 0 Å². The number of thiazole rings is 1. The third kappa shape index (κ3) is 3.03. The quantitative estimate of drug-likeness (QED) is 0.696. The van der Waals surface area contributed by atoms with Gasteiger partial charge in [0.05, 0.1) is 23.0 Å². The van der Waals surface area contributed by atoms with Crippen LogP contribution in [-0.2, 0) is 11.3 Å². The average Bonchev–Trinajstić information content (AvgIpc) is 3.12. The zero-order valence-electron chi connectivity index (χ0n) is 11.7. The molecule has 0 radical (unpaired) electrons. The summed E-state index contributed by atoms with van der Waals surface area (Å²) in [5.74, 6) is -0.328. The van der Waals surface area contributed by atoms with Gasteiger partial charge in [0.25, 0.3) is 0 Å². The standard InChI is InChI=1S/C14H12BrN3O3S/c1-20-7-6-18-10-3-2-9(15)8-12(10)22-14(18)17-13(19)11-4-5-16-21-11/h2-5,8H,6-7H2,1H3. The van der Waals surface area contributed by atoms with Crippen LogP contribution in [0.3, 0.4) is 0 Å². The molecule has 3 aromatic rings. The number of methoxy groups -OCH3 is 1. The monoisotopic (exact) mass is 381 g/mol. The minimum Gasteiger partial charge on any atom is -0.383 e. The van der Waals surface area contributed by atoms with Gasteiger partial charge in [0.15, 0.2) is 4.80 Å². The van der Waals surface area contributed by atoms with E-state index in [1.54, 1.807) is 7.11 Å². The third-order valence-electron chi connectivity index (χ3n) is 3.01. The van der Waals surface area contributed by atoms with E-state index in [9.17, 15) is 4.79 Å². The number of aromatic nitrogens is 2. The highest BCUT2D eigenvalue weighted by atomic mass is 79.9. The van der Waals surface area contributed by atoms with Gasteiger partial charge in [-0.2, -0.15) is 4.99 Å². The normalized spacial score (nSPS) is 12.2. The van der Waals surface area contributed by atoms with Crippen LogP contribution in [0.15, 0.2) is 44.5 Å². The molecule has 114 valence electrons. The first kappa shape index (κ1) is 15.1. The van der Waals surface area contributed by atoms with E-state index >= 15 is 0 Å². The lowest BCUT2D eigenvalue weighted by atomic mass is 10.3. The Bertz CT molecular complexity index is 867. The molecule has 1 aromatic carbocycles. The van der Waals surface area contributed by atoms with Gasteiger partial charge in [0, 0.05) is 24.2 Å². The first-order valence-corrected chi connectivity index (χ1v) is 8.07. The number of halogens is 1. The molecule has 6 nitrogen and oxygen atoms in total. The summed E-state index contributed by atoms with van der Waals surface area (Å²) < 4.78 is 14.0. The Labute approximate surface area is 138 Å². The van der Waals surface area contributed by atoms with Gasteiger partial charge in [0.1, 0.15) is 0 Å². The maximum absolute atomic E-state index is 12.1. The molecule has 0 aliphatic carbocycles. The van der Waals surface area contributed by atoms with E-state index in [4.69, 9.17) is 9.26 Å². The Morgan fingerprint density at radius 1 is 1.50 bits per heavy atom. The summed E-state index contributed by atoms with van der Waals surface area (Å²) in [7, 11) is 1.64. The van der Waals surface area contributed by atoms with E-state index in [1.807, 2.05) is 22.8 Å². The number of hydrogen-bond acceptors (Lipinski definition) is 5. The number of amides is 1. The van der Waals surface area contributed by atoms with Gasteiger partial charge >= 0.3 is 5.91 Å². The van der Waals surface area contributed by atoms with Gasteiger partial charge in [-0.25, -0.2) is 0 Å². The molecule has 0 spiro atoms. The van der Waals surface area contributed by atoms with Crippen molar-refractivity contribution in [3.8, 4) is 0 Å². The van der Waals surface area contributed by atoms with E-state index in [-0.39, 0.29) is 5.76 Å². The Morgan fingerprint density at radius 2 is 2.36 bits per heavy atom. The number of rotatable bonds is 4. The Kier molecular flexibility index (Phi) is 4.51. The van der Waals surface area contributed by atoms with Crippen molar-refractivity contribution in [1.29, 1.82) is 0 Å². The predicted molar refractivity (Wildman–Crippen MR) is 85.8 cm³/mol. The van der Waals surface area contributed by atoms with Crippen LogP contribution < -0.4 is 4.80 Å². The largest absolute Gasteiger partial charge is 0.383 e. The SMILES string of the molecule is COCCn1c(=NC(=O)c2ccno2)sc2cc(Br)ccc21. The molecule has 22 heavy (non-hydrogen) atoms. The van der Waals surface area contributed by atoms with Crippen LogP contribution in [0.2, 0.25) is 0 Å². The summed E-state index contributed by atoms with van der Waals surface area (Å²) in [6.07, 6.45) is 1.42. The van der Waals surface area contributed by atoms with E-state index in [0.717, 1.165) is 14.7 Å². The Balaban J connectivity index is 2.12. The third-order valence-corrected chi connectivity index (χ3v) is 4.54. The van der Waals surface area contributed by atoms with Gasteiger partial charge in [-0.15, -0.1) is 0 Å². The number of carbonyl (C=O) groups is 1. The number of ether oxygens (including phenoxy) is 1. The maximum atomic E-state index is 12.1. The van der Waals surface area contributed by atoms with Gasteiger partial charge < -0.3 is 13.8 Å². The number of fused-ring (bicyclic) bond motifs is 1. The molecule has 0 aliphatic heterocycles. The lowest BCUT2D eigenvalue weighted by Crippen LogP contribution is -2.19. The zero-order chi connectivity index (χ0) is 15.5. The number of carbonyl (C=O) groups excluding carboxylic acids is 1. The molecule has 8 heteroatoms. The molecule has 1 amide bonds. The predicted octanol–water partition coefficient (Wildman–Crippen LogP) is 2.84.